The van der Waals surface area contributed by atoms with E-state index in [9.17, 15) is 9.59 Å². The highest BCUT2D eigenvalue weighted by Crippen LogP contribution is 2.32. The van der Waals surface area contributed by atoms with E-state index in [2.05, 4.69) is 10.1 Å². The molecule has 0 bridgehead atoms. The van der Waals surface area contributed by atoms with Gasteiger partial charge in [-0.1, -0.05) is 61.4 Å². The summed E-state index contributed by atoms with van der Waals surface area (Å²) in [6.07, 6.45) is 1.51. The molecule has 2 heterocycles. The molecular formula is C18H18ClN3O3S. The number of carbonyl (C=O) groups excluding carboxylic acids is 2. The van der Waals surface area contributed by atoms with Gasteiger partial charge in [0.2, 0.25) is 17.6 Å². The van der Waals surface area contributed by atoms with Crippen molar-refractivity contribution in [2.75, 3.05) is 5.75 Å². The van der Waals surface area contributed by atoms with Gasteiger partial charge in [-0.25, -0.2) is 0 Å². The maximum atomic E-state index is 12.3. The van der Waals surface area contributed by atoms with Gasteiger partial charge >= 0.3 is 0 Å². The number of allylic oxidation sites excluding steroid dienone is 1. The first-order valence-electron chi connectivity index (χ1n) is 8.02. The number of carbonyl (C=O) groups is 2. The number of rotatable bonds is 4. The van der Waals surface area contributed by atoms with Gasteiger partial charge < -0.3 is 4.52 Å². The van der Waals surface area contributed by atoms with Crippen LogP contribution in [0.5, 0.6) is 0 Å². The molecule has 0 unspecified atom stereocenters. The Morgan fingerprint density at radius 2 is 2.12 bits per heavy atom. The third-order valence-electron chi connectivity index (χ3n) is 3.78. The van der Waals surface area contributed by atoms with Crippen molar-refractivity contribution >= 4 is 35.1 Å². The number of nitrogens with zero attached hydrogens (tertiary/aromatic N) is 3. The molecule has 3 rings (SSSR count). The van der Waals surface area contributed by atoms with Gasteiger partial charge in [0.25, 0.3) is 0 Å². The van der Waals surface area contributed by atoms with Crippen LogP contribution >= 0.6 is 23.4 Å². The molecule has 0 atom stereocenters. The fourth-order valence-electron chi connectivity index (χ4n) is 2.24. The number of amides is 1. The standard InChI is InChI=1S/C18H18ClN3O3S/c1-18(2,3)13(23)8-16-22(15(24)10-26-16)9-14-20-17(21-25-14)11-6-4-5-7-12(11)19/h4-8H,9-10H2,1-3H3/b16-8-. The van der Waals surface area contributed by atoms with E-state index in [1.165, 1.54) is 22.7 Å². The number of ketones is 1. The summed E-state index contributed by atoms with van der Waals surface area (Å²) in [7, 11) is 0. The zero-order valence-electron chi connectivity index (χ0n) is 14.7. The van der Waals surface area contributed by atoms with E-state index in [1.54, 1.807) is 12.1 Å². The molecule has 0 saturated carbocycles. The Balaban J connectivity index is 1.81. The molecule has 1 saturated heterocycles. The van der Waals surface area contributed by atoms with E-state index < -0.39 is 5.41 Å². The summed E-state index contributed by atoms with van der Waals surface area (Å²) < 4.78 is 5.27. The molecule has 1 aromatic carbocycles. The minimum atomic E-state index is -0.507. The fourth-order valence-corrected chi connectivity index (χ4v) is 3.40. The largest absolute Gasteiger partial charge is 0.337 e. The number of aromatic nitrogens is 2. The summed E-state index contributed by atoms with van der Waals surface area (Å²) in [5.74, 6) is 0.794. The van der Waals surface area contributed by atoms with Gasteiger partial charge in [0.15, 0.2) is 5.78 Å². The first kappa shape index (κ1) is 18.7. The van der Waals surface area contributed by atoms with Crippen LogP contribution in [0, 0.1) is 5.41 Å². The van der Waals surface area contributed by atoms with Gasteiger partial charge in [0, 0.05) is 17.1 Å². The highest BCUT2D eigenvalue weighted by Gasteiger charge is 2.31. The van der Waals surface area contributed by atoms with E-state index in [1.807, 2.05) is 32.9 Å². The zero-order chi connectivity index (χ0) is 18.9. The molecule has 0 spiro atoms. The molecule has 26 heavy (non-hydrogen) atoms. The van der Waals surface area contributed by atoms with Crippen LogP contribution in [0.15, 0.2) is 39.9 Å². The Kier molecular flexibility index (Phi) is 5.20. The maximum Gasteiger partial charge on any atom is 0.247 e. The molecule has 2 aromatic rings. The van der Waals surface area contributed by atoms with Crippen molar-refractivity contribution in [1.29, 1.82) is 0 Å². The highest BCUT2D eigenvalue weighted by molar-refractivity contribution is 8.04. The average molecular weight is 392 g/mol. The number of thioether (sulfide) groups is 1. The lowest BCUT2D eigenvalue weighted by molar-refractivity contribution is -0.126. The van der Waals surface area contributed by atoms with E-state index in [4.69, 9.17) is 16.1 Å². The predicted octanol–water partition coefficient (Wildman–Crippen LogP) is 3.92. The summed E-state index contributed by atoms with van der Waals surface area (Å²) >= 11 is 7.48. The van der Waals surface area contributed by atoms with Crippen molar-refractivity contribution in [1.82, 2.24) is 15.0 Å². The first-order valence-corrected chi connectivity index (χ1v) is 9.39. The van der Waals surface area contributed by atoms with Gasteiger partial charge in [0.1, 0.15) is 6.54 Å². The van der Waals surface area contributed by atoms with Gasteiger partial charge in [-0.2, -0.15) is 4.98 Å². The van der Waals surface area contributed by atoms with Crippen molar-refractivity contribution in [2.45, 2.75) is 27.3 Å². The normalized spacial score (nSPS) is 16.5. The lowest BCUT2D eigenvalue weighted by atomic mass is 9.91. The molecule has 1 aliphatic rings. The molecule has 0 aliphatic carbocycles. The van der Waals surface area contributed by atoms with Crippen LogP contribution < -0.4 is 0 Å². The van der Waals surface area contributed by atoms with Gasteiger partial charge in [-0.15, -0.1) is 0 Å². The number of benzene rings is 1. The lowest BCUT2D eigenvalue weighted by Gasteiger charge is -2.17. The fraction of sp³-hybridized carbons (Fsp3) is 0.333. The van der Waals surface area contributed by atoms with Crippen LogP contribution in [0.1, 0.15) is 26.7 Å². The molecule has 0 radical (unpaired) electrons. The quantitative estimate of drug-likeness (QED) is 0.735. The minimum absolute atomic E-state index is 0.0398. The van der Waals surface area contributed by atoms with E-state index in [-0.39, 0.29) is 29.9 Å². The molecular weight excluding hydrogens is 374 g/mol. The monoisotopic (exact) mass is 391 g/mol. The van der Waals surface area contributed by atoms with Crippen LogP contribution in [0.2, 0.25) is 5.02 Å². The summed E-state index contributed by atoms with van der Waals surface area (Å²) in [5.41, 5.74) is 0.150. The average Bonchev–Trinajstić information content (AvgIpc) is 3.16. The van der Waals surface area contributed by atoms with E-state index >= 15 is 0 Å². The third-order valence-corrected chi connectivity index (χ3v) is 5.14. The van der Waals surface area contributed by atoms with E-state index in [0.29, 0.717) is 21.4 Å². The van der Waals surface area contributed by atoms with Gasteiger partial charge in [0.05, 0.1) is 15.8 Å². The van der Waals surface area contributed by atoms with Crippen LogP contribution in [0.25, 0.3) is 11.4 Å². The van der Waals surface area contributed by atoms with Crippen molar-refractivity contribution in [3.8, 4) is 11.4 Å². The van der Waals surface area contributed by atoms with Crippen molar-refractivity contribution < 1.29 is 14.1 Å². The predicted molar refractivity (Wildman–Crippen MR) is 100 cm³/mol. The number of halogens is 1. The Hall–Kier alpha value is -2.12. The third kappa shape index (κ3) is 3.99. The second-order valence-corrected chi connectivity index (χ2v) is 8.26. The summed E-state index contributed by atoms with van der Waals surface area (Å²) in [5, 5.41) is 5.06. The molecule has 1 amide bonds. The second-order valence-electron chi connectivity index (χ2n) is 6.86. The SMILES string of the molecule is CC(C)(C)C(=O)/C=C1\SCC(=O)N1Cc1nc(-c2ccccc2Cl)no1. The van der Waals surface area contributed by atoms with Crippen molar-refractivity contribution in [2.24, 2.45) is 5.41 Å². The first-order chi connectivity index (χ1) is 12.3. The van der Waals surface area contributed by atoms with Crippen LogP contribution in [-0.2, 0) is 16.1 Å². The minimum Gasteiger partial charge on any atom is -0.337 e. The highest BCUT2D eigenvalue weighted by atomic mass is 35.5. The topological polar surface area (TPSA) is 76.3 Å². The molecule has 8 heteroatoms. The van der Waals surface area contributed by atoms with Gasteiger partial charge in [-0.3, -0.25) is 14.5 Å². The van der Waals surface area contributed by atoms with Crippen LogP contribution in [0.3, 0.4) is 0 Å². The Morgan fingerprint density at radius 3 is 2.81 bits per heavy atom. The summed E-state index contributed by atoms with van der Waals surface area (Å²) in [6, 6.07) is 7.18. The van der Waals surface area contributed by atoms with Crippen molar-refractivity contribution in [3.05, 3.63) is 46.3 Å². The van der Waals surface area contributed by atoms with Crippen LogP contribution in [-0.4, -0.2) is 32.5 Å². The molecule has 1 aromatic heterocycles. The van der Waals surface area contributed by atoms with Gasteiger partial charge in [-0.05, 0) is 12.1 Å². The Labute approximate surface area is 160 Å². The summed E-state index contributed by atoms with van der Waals surface area (Å²) in [4.78, 5) is 30.3. The zero-order valence-corrected chi connectivity index (χ0v) is 16.2. The maximum absolute atomic E-state index is 12.3. The lowest BCUT2D eigenvalue weighted by Crippen LogP contribution is -2.26. The second kappa shape index (κ2) is 7.25. The Morgan fingerprint density at radius 1 is 1.38 bits per heavy atom. The molecule has 1 aliphatic heterocycles. The van der Waals surface area contributed by atoms with E-state index in [0.717, 1.165) is 0 Å². The van der Waals surface area contributed by atoms with Crippen molar-refractivity contribution in [3.63, 3.8) is 0 Å². The molecule has 6 nitrogen and oxygen atoms in total. The molecule has 0 N–H and O–H groups in total. The Bertz CT molecular complexity index is 886. The number of hydrogen-bond donors (Lipinski definition) is 0. The number of hydrogen-bond acceptors (Lipinski definition) is 6. The molecule has 1 fully saturated rings. The summed E-state index contributed by atoms with van der Waals surface area (Å²) in [6.45, 7) is 5.64. The van der Waals surface area contributed by atoms with Crippen LogP contribution in [0.4, 0.5) is 0 Å². The molecule has 136 valence electrons. The smallest absolute Gasteiger partial charge is 0.247 e.